The number of hydrogen-bond acceptors (Lipinski definition) is 2. The molecule has 0 bridgehead atoms. The third-order valence-electron chi connectivity index (χ3n) is 0.347. The molecule has 0 aromatic rings. The Labute approximate surface area is 38.1 Å². The highest BCUT2D eigenvalue weighted by Crippen LogP contribution is 1.82. The van der Waals surface area contributed by atoms with Crippen LogP contribution in [0.3, 0.4) is 0 Å². The Morgan fingerprint density at radius 1 is 1.50 bits per heavy atom. The SMILES string of the molecule is CC(=O)C(=O)P. The highest BCUT2D eigenvalue weighted by molar-refractivity contribution is 7.44. The lowest BCUT2D eigenvalue weighted by molar-refractivity contribution is -0.130. The van der Waals surface area contributed by atoms with Crippen LogP contribution in [0.5, 0.6) is 0 Å². The first-order valence-corrected chi connectivity index (χ1v) is 2.02. The molecule has 1 unspecified atom stereocenters. The van der Waals surface area contributed by atoms with E-state index in [1.165, 1.54) is 6.92 Å². The molecule has 3 heteroatoms. The Kier molecular flexibility index (Phi) is 1.96. The van der Waals surface area contributed by atoms with Crippen molar-refractivity contribution in [1.29, 1.82) is 0 Å². The summed E-state index contributed by atoms with van der Waals surface area (Å²) in [6, 6.07) is 0. The Bertz CT molecular complexity index is 74.8. The average molecular weight is 104 g/mol. The maximum absolute atomic E-state index is 9.77. The molecule has 2 nitrogen and oxygen atoms in total. The van der Waals surface area contributed by atoms with Gasteiger partial charge in [0.05, 0.1) is 0 Å². The largest absolute Gasteiger partial charge is 0.291 e. The van der Waals surface area contributed by atoms with Crippen molar-refractivity contribution >= 4 is 20.5 Å². The molecule has 0 aliphatic rings. The molecule has 34 valence electrons. The Morgan fingerprint density at radius 2 is 1.67 bits per heavy atom. The summed E-state index contributed by atoms with van der Waals surface area (Å²) in [5, 5.41) is 0. The zero-order valence-electron chi connectivity index (χ0n) is 3.39. The molecule has 0 spiro atoms. The number of Topliss-reactive ketones (excluding diaryl/α,β-unsaturated/α-hetero) is 1. The fourth-order valence-electron chi connectivity index (χ4n) is 0. The average Bonchev–Trinajstić information content (AvgIpc) is 1.36. The van der Waals surface area contributed by atoms with Crippen LogP contribution in [0, 0.1) is 0 Å². The van der Waals surface area contributed by atoms with Gasteiger partial charge in [-0.15, -0.1) is 0 Å². The van der Waals surface area contributed by atoms with Crippen LogP contribution in [0.15, 0.2) is 0 Å². The van der Waals surface area contributed by atoms with Gasteiger partial charge >= 0.3 is 0 Å². The molecular weight excluding hydrogens is 99.0 g/mol. The minimum absolute atomic E-state index is 0.417. The summed E-state index contributed by atoms with van der Waals surface area (Å²) in [5.74, 6) is -0.417. The third-order valence-corrected chi connectivity index (χ3v) is 0.754. The van der Waals surface area contributed by atoms with Crippen LogP contribution in [0.25, 0.3) is 0 Å². The fraction of sp³-hybridized carbons (Fsp3) is 0.333. The molecule has 0 heterocycles. The van der Waals surface area contributed by atoms with Crippen LogP contribution in [0.4, 0.5) is 0 Å². The van der Waals surface area contributed by atoms with Gasteiger partial charge in [-0.25, -0.2) is 0 Å². The smallest absolute Gasteiger partial charge is 0.213 e. The Morgan fingerprint density at radius 3 is 1.67 bits per heavy atom. The van der Waals surface area contributed by atoms with E-state index in [1.54, 1.807) is 9.24 Å². The predicted molar refractivity (Wildman–Crippen MR) is 25.4 cm³/mol. The molecule has 1 atom stereocenters. The van der Waals surface area contributed by atoms with Crippen molar-refractivity contribution in [2.24, 2.45) is 0 Å². The molecule has 0 aromatic heterocycles. The summed E-state index contributed by atoms with van der Waals surface area (Å²) in [6.07, 6.45) is 0. The van der Waals surface area contributed by atoms with Gasteiger partial charge in [0.2, 0.25) is 5.52 Å². The number of hydrogen-bond donors (Lipinski definition) is 0. The second-order valence-corrected chi connectivity index (χ2v) is 1.44. The Hall–Kier alpha value is -0.230. The van der Waals surface area contributed by atoms with Gasteiger partial charge in [0, 0.05) is 6.92 Å². The Balaban J connectivity index is 3.57. The van der Waals surface area contributed by atoms with Gasteiger partial charge in [-0.05, 0) is 0 Å². The van der Waals surface area contributed by atoms with E-state index < -0.39 is 11.3 Å². The maximum atomic E-state index is 9.77. The molecule has 0 amide bonds. The van der Waals surface area contributed by atoms with Gasteiger partial charge in [-0.1, -0.05) is 9.24 Å². The first-order chi connectivity index (χ1) is 2.64. The van der Waals surface area contributed by atoms with Gasteiger partial charge in [-0.3, -0.25) is 9.59 Å². The van der Waals surface area contributed by atoms with Crippen molar-refractivity contribution in [3.8, 4) is 0 Å². The molecular formula is C3H5O2P. The van der Waals surface area contributed by atoms with E-state index in [-0.39, 0.29) is 0 Å². The lowest BCUT2D eigenvalue weighted by atomic mass is 10.5. The molecule has 0 rings (SSSR count). The van der Waals surface area contributed by atoms with E-state index in [9.17, 15) is 9.59 Å². The quantitative estimate of drug-likeness (QED) is 0.346. The van der Waals surface area contributed by atoms with Crippen LogP contribution in [-0.4, -0.2) is 11.3 Å². The highest BCUT2D eigenvalue weighted by atomic mass is 31.0. The van der Waals surface area contributed by atoms with Crippen molar-refractivity contribution in [3.63, 3.8) is 0 Å². The molecule has 0 saturated carbocycles. The standard InChI is InChI=1S/C3H5O2P/c1-2(4)3(5)6/h6H2,1H3. The topological polar surface area (TPSA) is 34.1 Å². The van der Waals surface area contributed by atoms with Crippen molar-refractivity contribution < 1.29 is 9.59 Å². The number of carbonyl (C=O) groups is 2. The summed E-state index contributed by atoms with van der Waals surface area (Å²) in [6.45, 7) is 1.23. The normalized spacial score (nSPS) is 7.67. The van der Waals surface area contributed by atoms with Crippen molar-refractivity contribution in [2.75, 3.05) is 0 Å². The number of carbonyl (C=O) groups excluding carboxylic acids is 2. The molecule has 0 aliphatic heterocycles. The minimum atomic E-state index is -0.463. The van der Waals surface area contributed by atoms with Gasteiger partial charge in [0.15, 0.2) is 5.78 Å². The third kappa shape index (κ3) is 2.04. The molecule has 6 heavy (non-hydrogen) atoms. The zero-order chi connectivity index (χ0) is 5.15. The van der Waals surface area contributed by atoms with E-state index in [0.29, 0.717) is 0 Å². The number of ketones is 1. The van der Waals surface area contributed by atoms with Crippen LogP contribution >= 0.6 is 9.24 Å². The van der Waals surface area contributed by atoms with Crippen LogP contribution < -0.4 is 0 Å². The summed E-state index contributed by atoms with van der Waals surface area (Å²) < 4.78 is 0. The zero-order valence-corrected chi connectivity index (χ0v) is 4.55. The molecule has 0 saturated heterocycles. The van der Waals surface area contributed by atoms with Crippen LogP contribution in [-0.2, 0) is 9.59 Å². The summed E-state index contributed by atoms with van der Waals surface area (Å²) in [7, 11) is 1.78. The molecule has 0 aromatic carbocycles. The van der Waals surface area contributed by atoms with E-state index in [2.05, 4.69) is 0 Å². The second kappa shape index (κ2) is 2.04. The second-order valence-electron chi connectivity index (χ2n) is 0.920. The summed E-state index contributed by atoms with van der Waals surface area (Å²) >= 11 is 0. The van der Waals surface area contributed by atoms with Crippen molar-refractivity contribution in [3.05, 3.63) is 0 Å². The van der Waals surface area contributed by atoms with Gasteiger partial charge in [-0.2, -0.15) is 0 Å². The van der Waals surface area contributed by atoms with Crippen LogP contribution in [0.2, 0.25) is 0 Å². The minimum Gasteiger partial charge on any atom is -0.291 e. The van der Waals surface area contributed by atoms with Gasteiger partial charge in [0.1, 0.15) is 0 Å². The highest BCUT2D eigenvalue weighted by Gasteiger charge is 1.94. The van der Waals surface area contributed by atoms with E-state index >= 15 is 0 Å². The molecule has 0 radical (unpaired) electrons. The van der Waals surface area contributed by atoms with E-state index in [4.69, 9.17) is 0 Å². The fourth-order valence-corrected chi connectivity index (χ4v) is 0. The monoisotopic (exact) mass is 104 g/mol. The van der Waals surface area contributed by atoms with E-state index in [0.717, 1.165) is 0 Å². The van der Waals surface area contributed by atoms with Gasteiger partial charge in [0.25, 0.3) is 0 Å². The lowest BCUT2D eigenvalue weighted by Crippen LogP contribution is -1.97. The molecule has 0 N–H and O–H groups in total. The maximum Gasteiger partial charge on any atom is 0.213 e. The first kappa shape index (κ1) is 5.77. The lowest BCUT2D eigenvalue weighted by Gasteiger charge is -1.73. The van der Waals surface area contributed by atoms with Crippen LogP contribution in [0.1, 0.15) is 6.92 Å². The molecule has 0 aliphatic carbocycles. The van der Waals surface area contributed by atoms with Crippen molar-refractivity contribution in [1.82, 2.24) is 0 Å². The van der Waals surface area contributed by atoms with Gasteiger partial charge < -0.3 is 0 Å². The summed E-state index contributed by atoms with van der Waals surface area (Å²) in [5.41, 5.74) is -0.463. The predicted octanol–water partition coefficient (Wildman–Crippen LogP) is -0.0229. The molecule has 0 fully saturated rings. The first-order valence-electron chi connectivity index (χ1n) is 1.45. The van der Waals surface area contributed by atoms with Crippen molar-refractivity contribution in [2.45, 2.75) is 6.92 Å². The number of rotatable bonds is 1. The van der Waals surface area contributed by atoms with E-state index in [1.807, 2.05) is 0 Å². The summed E-state index contributed by atoms with van der Waals surface area (Å²) in [4.78, 5) is 19.5.